The Balaban J connectivity index is 0.00000133. The number of hydrogen-bond donors (Lipinski definition) is 1. The molecule has 4 bridgehead atoms. The van der Waals surface area contributed by atoms with Gasteiger partial charge in [-0.2, -0.15) is 0 Å². The minimum Gasteiger partial charge on any atom is -0.344 e. The predicted octanol–water partition coefficient (Wildman–Crippen LogP) is 2.43. The van der Waals surface area contributed by atoms with Crippen LogP contribution >= 0.6 is 12.4 Å². The van der Waals surface area contributed by atoms with Gasteiger partial charge in [0.15, 0.2) is 0 Å². The van der Waals surface area contributed by atoms with Crippen LogP contribution in [-0.4, -0.2) is 30.4 Å². The van der Waals surface area contributed by atoms with Crippen LogP contribution in [0.2, 0.25) is 0 Å². The smallest absolute Gasteiger partial charge is 0.238 e. The second-order valence-corrected chi connectivity index (χ2v) is 7.40. The molecule has 0 saturated heterocycles. The average molecular weight is 287 g/mol. The fourth-order valence-corrected chi connectivity index (χ4v) is 5.41. The fraction of sp³-hybridized carbons (Fsp3) is 0.933. The Bertz CT molecular complexity index is 321. The topological polar surface area (TPSA) is 46.3 Å². The second kappa shape index (κ2) is 5.25. The minimum absolute atomic E-state index is 0. The normalized spacial score (nSPS) is 40.7. The Morgan fingerprint density at radius 2 is 1.63 bits per heavy atom. The Labute approximate surface area is 122 Å². The first-order valence-electron chi connectivity index (χ1n) is 7.48. The standard InChI is InChI=1S/C15H26N2O.ClH/c1-10(16)14(18)17(2)9-15-6-11-3-12(7-15)5-13(4-11)8-15;/h10-13H,3-9,16H2,1-2H3;1H. The molecule has 0 heterocycles. The maximum absolute atomic E-state index is 12.0. The molecule has 1 atom stereocenters. The van der Waals surface area contributed by atoms with Crippen LogP contribution in [0.3, 0.4) is 0 Å². The molecule has 0 aromatic heterocycles. The summed E-state index contributed by atoms with van der Waals surface area (Å²) in [6, 6.07) is -0.357. The number of likely N-dealkylation sites (N-methyl/N-ethyl adjacent to an activating group) is 1. The summed E-state index contributed by atoms with van der Waals surface area (Å²) in [6.07, 6.45) is 8.46. The van der Waals surface area contributed by atoms with Crippen molar-refractivity contribution < 1.29 is 4.79 Å². The molecule has 4 rings (SSSR count). The summed E-state index contributed by atoms with van der Waals surface area (Å²) in [6.45, 7) is 2.73. The van der Waals surface area contributed by atoms with E-state index in [9.17, 15) is 4.79 Å². The molecular formula is C15H27ClN2O. The van der Waals surface area contributed by atoms with Crippen LogP contribution in [0.1, 0.15) is 45.4 Å². The van der Waals surface area contributed by atoms with Gasteiger partial charge in [0.2, 0.25) is 5.91 Å². The molecule has 4 aliphatic carbocycles. The highest BCUT2D eigenvalue weighted by atomic mass is 35.5. The van der Waals surface area contributed by atoms with E-state index in [1.165, 1.54) is 38.5 Å². The lowest BCUT2D eigenvalue weighted by molar-refractivity contribution is -0.136. The largest absolute Gasteiger partial charge is 0.344 e. The first-order valence-corrected chi connectivity index (χ1v) is 7.48. The Morgan fingerprint density at radius 1 is 1.21 bits per heavy atom. The zero-order valence-corrected chi connectivity index (χ0v) is 12.9. The molecule has 4 heteroatoms. The molecular weight excluding hydrogens is 260 g/mol. The fourth-order valence-electron chi connectivity index (χ4n) is 5.41. The number of carbonyl (C=O) groups is 1. The molecule has 4 saturated carbocycles. The van der Waals surface area contributed by atoms with Gasteiger partial charge in [0.05, 0.1) is 6.04 Å². The van der Waals surface area contributed by atoms with E-state index in [1.807, 2.05) is 11.9 Å². The predicted molar refractivity (Wildman–Crippen MR) is 79.1 cm³/mol. The highest BCUT2D eigenvalue weighted by Gasteiger charge is 2.51. The second-order valence-electron chi connectivity index (χ2n) is 7.40. The summed E-state index contributed by atoms with van der Waals surface area (Å²) in [4.78, 5) is 13.9. The van der Waals surface area contributed by atoms with Gasteiger partial charge in [0.1, 0.15) is 0 Å². The Hall–Kier alpha value is -0.280. The lowest BCUT2D eigenvalue weighted by Gasteiger charge is -2.57. The van der Waals surface area contributed by atoms with Crippen LogP contribution in [0.4, 0.5) is 0 Å². The van der Waals surface area contributed by atoms with Crippen LogP contribution in [0.15, 0.2) is 0 Å². The monoisotopic (exact) mass is 286 g/mol. The molecule has 2 N–H and O–H groups in total. The van der Waals surface area contributed by atoms with Crippen molar-refractivity contribution in [3.63, 3.8) is 0 Å². The third kappa shape index (κ3) is 2.78. The first kappa shape index (κ1) is 15.1. The van der Waals surface area contributed by atoms with Gasteiger partial charge in [-0.1, -0.05) is 0 Å². The Kier molecular flexibility index (Phi) is 4.18. The molecule has 0 aliphatic heterocycles. The highest BCUT2D eigenvalue weighted by molar-refractivity contribution is 5.85. The lowest BCUT2D eigenvalue weighted by Crippen LogP contribution is -2.53. The lowest BCUT2D eigenvalue weighted by atomic mass is 9.49. The zero-order valence-electron chi connectivity index (χ0n) is 12.1. The van der Waals surface area contributed by atoms with Crippen molar-refractivity contribution in [2.45, 2.75) is 51.5 Å². The third-order valence-electron chi connectivity index (χ3n) is 5.50. The van der Waals surface area contributed by atoms with Gasteiger partial charge in [-0.25, -0.2) is 0 Å². The van der Waals surface area contributed by atoms with Gasteiger partial charge in [-0.3, -0.25) is 4.79 Å². The summed E-state index contributed by atoms with van der Waals surface area (Å²) < 4.78 is 0. The van der Waals surface area contributed by atoms with Gasteiger partial charge in [-0.15, -0.1) is 12.4 Å². The number of amides is 1. The molecule has 1 amide bonds. The van der Waals surface area contributed by atoms with Gasteiger partial charge in [-0.05, 0) is 68.6 Å². The molecule has 3 nitrogen and oxygen atoms in total. The Morgan fingerprint density at radius 3 is 2.00 bits per heavy atom. The zero-order chi connectivity index (χ0) is 12.9. The van der Waals surface area contributed by atoms with E-state index in [1.54, 1.807) is 6.92 Å². The van der Waals surface area contributed by atoms with Crippen molar-refractivity contribution in [1.82, 2.24) is 4.90 Å². The minimum atomic E-state index is -0.357. The average Bonchev–Trinajstić information content (AvgIpc) is 2.24. The molecule has 19 heavy (non-hydrogen) atoms. The first-order chi connectivity index (χ1) is 8.47. The van der Waals surface area contributed by atoms with Gasteiger partial charge in [0, 0.05) is 13.6 Å². The number of halogens is 1. The summed E-state index contributed by atoms with van der Waals surface area (Å²) in [7, 11) is 1.93. The van der Waals surface area contributed by atoms with Crippen molar-refractivity contribution in [1.29, 1.82) is 0 Å². The van der Waals surface area contributed by atoms with E-state index < -0.39 is 0 Å². The van der Waals surface area contributed by atoms with Gasteiger partial charge >= 0.3 is 0 Å². The molecule has 0 aromatic rings. The van der Waals surface area contributed by atoms with Crippen LogP contribution in [-0.2, 0) is 4.79 Å². The van der Waals surface area contributed by atoms with Crippen molar-refractivity contribution in [3.05, 3.63) is 0 Å². The summed E-state index contributed by atoms with van der Waals surface area (Å²) in [5.74, 6) is 2.96. The number of nitrogens with two attached hydrogens (primary N) is 1. The SMILES string of the molecule is CC(N)C(=O)N(C)CC12CC3CC(CC(C3)C1)C2.Cl. The summed E-state index contributed by atoms with van der Waals surface area (Å²) >= 11 is 0. The molecule has 4 aliphatic rings. The van der Waals surface area contributed by atoms with Crippen molar-refractivity contribution in [2.24, 2.45) is 28.9 Å². The van der Waals surface area contributed by atoms with E-state index in [0.29, 0.717) is 5.41 Å². The number of carbonyl (C=O) groups excluding carboxylic acids is 1. The quantitative estimate of drug-likeness (QED) is 0.866. The van der Waals surface area contributed by atoms with Gasteiger partial charge < -0.3 is 10.6 Å². The number of hydrogen-bond acceptors (Lipinski definition) is 2. The molecule has 0 spiro atoms. The van der Waals surface area contributed by atoms with E-state index >= 15 is 0 Å². The van der Waals surface area contributed by atoms with Crippen LogP contribution in [0, 0.1) is 23.2 Å². The molecule has 0 radical (unpaired) electrons. The third-order valence-corrected chi connectivity index (χ3v) is 5.50. The van der Waals surface area contributed by atoms with Crippen LogP contribution < -0.4 is 5.73 Å². The van der Waals surface area contributed by atoms with E-state index in [0.717, 1.165) is 24.3 Å². The molecule has 4 fully saturated rings. The van der Waals surface area contributed by atoms with Crippen molar-refractivity contribution in [2.75, 3.05) is 13.6 Å². The summed E-state index contributed by atoms with van der Waals surface area (Å²) in [5.41, 5.74) is 6.15. The van der Waals surface area contributed by atoms with E-state index in [-0.39, 0.29) is 24.4 Å². The summed E-state index contributed by atoms with van der Waals surface area (Å²) in [5, 5.41) is 0. The highest BCUT2D eigenvalue weighted by Crippen LogP contribution is 2.60. The molecule has 0 aromatic carbocycles. The van der Waals surface area contributed by atoms with Gasteiger partial charge in [0.25, 0.3) is 0 Å². The maximum atomic E-state index is 12.0. The number of rotatable bonds is 3. The van der Waals surface area contributed by atoms with E-state index in [4.69, 9.17) is 5.73 Å². The van der Waals surface area contributed by atoms with Crippen molar-refractivity contribution in [3.8, 4) is 0 Å². The number of nitrogens with zero attached hydrogens (tertiary/aromatic N) is 1. The molecule has 1 unspecified atom stereocenters. The van der Waals surface area contributed by atoms with Crippen molar-refractivity contribution >= 4 is 18.3 Å². The molecule has 110 valence electrons. The van der Waals surface area contributed by atoms with Crippen LogP contribution in [0.25, 0.3) is 0 Å². The van der Waals surface area contributed by atoms with E-state index in [2.05, 4.69) is 0 Å². The van der Waals surface area contributed by atoms with Crippen LogP contribution in [0.5, 0.6) is 0 Å². The maximum Gasteiger partial charge on any atom is 0.238 e.